The molecule has 6 nitrogen and oxygen atoms in total. The van der Waals surface area contributed by atoms with Crippen LogP contribution in [0.5, 0.6) is 11.5 Å². The molecule has 1 N–H and O–H groups in total. The van der Waals surface area contributed by atoms with Crippen LogP contribution in [-0.4, -0.2) is 24.7 Å². The van der Waals surface area contributed by atoms with E-state index in [0.717, 1.165) is 0 Å². The van der Waals surface area contributed by atoms with Crippen molar-refractivity contribution in [1.29, 1.82) is 0 Å². The molecule has 0 radical (unpaired) electrons. The summed E-state index contributed by atoms with van der Waals surface area (Å²) in [5.41, 5.74) is 0.341. The molecule has 0 saturated carbocycles. The van der Waals surface area contributed by atoms with Crippen LogP contribution in [0.25, 0.3) is 0 Å². The number of nitro benzene ring substituents is 1. The number of nitro groups is 1. The molecule has 0 aromatic heterocycles. The van der Waals surface area contributed by atoms with E-state index in [2.05, 4.69) is 5.32 Å². The second-order valence-electron chi connectivity index (χ2n) is 3.53. The maximum absolute atomic E-state index is 10.8. The minimum Gasteiger partial charge on any atom is -0.486 e. The van der Waals surface area contributed by atoms with Crippen LogP contribution in [0.1, 0.15) is 6.92 Å². The van der Waals surface area contributed by atoms with Gasteiger partial charge in [-0.3, -0.25) is 10.1 Å². The molecule has 0 aliphatic carbocycles. The van der Waals surface area contributed by atoms with Gasteiger partial charge in [-0.2, -0.15) is 0 Å². The zero-order valence-electron chi connectivity index (χ0n) is 9.02. The molecule has 1 aliphatic heterocycles. The maximum Gasteiger partial charge on any atom is 0.296 e. The van der Waals surface area contributed by atoms with Gasteiger partial charge in [0.2, 0.25) is 0 Å². The van der Waals surface area contributed by atoms with Gasteiger partial charge in [0.15, 0.2) is 17.2 Å². The van der Waals surface area contributed by atoms with E-state index in [1.165, 1.54) is 6.07 Å². The van der Waals surface area contributed by atoms with Crippen LogP contribution in [-0.2, 0) is 0 Å². The summed E-state index contributed by atoms with van der Waals surface area (Å²) in [6.07, 6.45) is -0.110. The van der Waals surface area contributed by atoms with E-state index in [1.807, 2.05) is 6.92 Å². The summed E-state index contributed by atoms with van der Waals surface area (Å²) in [7, 11) is 1.62. The highest BCUT2D eigenvalue weighted by Gasteiger charge is 2.26. The van der Waals surface area contributed by atoms with Crippen LogP contribution in [0.2, 0.25) is 0 Å². The van der Waals surface area contributed by atoms with Gasteiger partial charge in [0.25, 0.3) is 5.69 Å². The van der Waals surface area contributed by atoms with E-state index < -0.39 is 4.92 Å². The van der Waals surface area contributed by atoms with Crippen molar-refractivity contribution in [2.24, 2.45) is 0 Å². The van der Waals surface area contributed by atoms with Crippen LogP contribution >= 0.6 is 0 Å². The highest BCUT2D eigenvalue weighted by atomic mass is 16.6. The Morgan fingerprint density at radius 2 is 2.31 bits per heavy atom. The molecule has 0 fully saturated rings. The van der Waals surface area contributed by atoms with E-state index in [4.69, 9.17) is 9.47 Å². The van der Waals surface area contributed by atoms with E-state index in [-0.39, 0.29) is 11.8 Å². The number of nitrogens with zero attached hydrogens (tertiary/aromatic N) is 1. The molecule has 1 atom stereocenters. The first-order valence-electron chi connectivity index (χ1n) is 4.92. The van der Waals surface area contributed by atoms with Crippen molar-refractivity contribution < 1.29 is 14.4 Å². The van der Waals surface area contributed by atoms with Gasteiger partial charge in [-0.1, -0.05) is 0 Å². The van der Waals surface area contributed by atoms with Crippen LogP contribution in [0.3, 0.4) is 0 Å². The van der Waals surface area contributed by atoms with Gasteiger partial charge in [-0.15, -0.1) is 0 Å². The first-order chi connectivity index (χ1) is 7.63. The third-order valence-electron chi connectivity index (χ3n) is 2.34. The molecule has 1 aliphatic rings. The summed E-state index contributed by atoms with van der Waals surface area (Å²) < 4.78 is 11.0. The highest BCUT2D eigenvalue weighted by Crippen LogP contribution is 2.43. The fraction of sp³-hybridized carbons (Fsp3) is 0.400. The Morgan fingerprint density at radius 1 is 1.56 bits per heavy atom. The molecule has 16 heavy (non-hydrogen) atoms. The van der Waals surface area contributed by atoms with Gasteiger partial charge in [-0.25, -0.2) is 0 Å². The second-order valence-corrected chi connectivity index (χ2v) is 3.53. The molecular weight excluding hydrogens is 212 g/mol. The number of ether oxygens (including phenoxy) is 2. The number of fused-ring (bicyclic) bond motifs is 1. The first kappa shape index (κ1) is 10.5. The zero-order valence-corrected chi connectivity index (χ0v) is 9.02. The van der Waals surface area contributed by atoms with Crippen molar-refractivity contribution in [3.8, 4) is 11.5 Å². The highest BCUT2D eigenvalue weighted by molar-refractivity contribution is 5.74. The second kappa shape index (κ2) is 3.88. The lowest BCUT2D eigenvalue weighted by Crippen LogP contribution is -2.26. The minimum absolute atomic E-state index is 0.0149. The van der Waals surface area contributed by atoms with Gasteiger partial charge in [0, 0.05) is 13.1 Å². The molecule has 1 heterocycles. The molecule has 2 rings (SSSR count). The van der Waals surface area contributed by atoms with Crippen molar-refractivity contribution in [1.82, 2.24) is 0 Å². The average molecular weight is 224 g/mol. The Labute approximate surface area is 92.3 Å². The van der Waals surface area contributed by atoms with Crippen LogP contribution < -0.4 is 14.8 Å². The van der Waals surface area contributed by atoms with E-state index in [9.17, 15) is 10.1 Å². The van der Waals surface area contributed by atoms with Crippen molar-refractivity contribution in [2.75, 3.05) is 19.0 Å². The molecule has 1 unspecified atom stereocenters. The predicted octanol–water partition coefficient (Wildman–Crippen LogP) is 1.80. The maximum atomic E-state index is 10.8. The standard InChI is InChI=1S/C10H12N2O4/c1-6-5-15-8-4-3-7(12(13)14)9(11-2)10(8)16-6/h3-4,6,11H,5H2,1-2H3. The van der Waals surface area contributed by atoms with Gasteiger partial charge in [-0.05, 0) is 13.0 Å². The topological polar surface area (TPSA) is 73.6 Å². The molecule has 0 bridgehead atoms. The first-order valence-corrected chi connectivity index (χ1v) is 4.92. The molecular formula is C10H12N2O4. The summed E-state index contributed by atoms with van der Waals surface area (Å²) in [6.45, 7) is 2.30. The average Bonchev–Trinajstić information content (AvgIpc) is 2.27. The minimum atomic E-state index is -0.450. The largest absolute Gasteiger partial charge is 0.486 e. The fourth-order valence-electron chi connectivity index (χ4n) is 1.62. The quantitative estimate of drug-likeness (QED) is 0.612. The Kier molecular flexibility index (Phi) is 2.55. The van der Waals surface area contributed by atoms with Gasteiger partial charge < -0.3 is 14.8 Å². The third kappa shape index (κ3) is 1.62. The van der Waals surface area contributed by atoms with E-state index >= 15 is 0 Å². The Hall–Kier alpha value is -1.98. The SMILES string of the molecule is CNc1c([N+](=O)[O-])ccc2c1OC(C)CO2. The summed E-state index contributed by atoms with van der Waals surface area (Å²) in [4.78, 5) is 10.4. The Morgan fingerprint density at radius 3 is 2.94 bits per heavy atom. The molecule has 0 spiro atoms. The van der Waals surface area contributed by atoms with Crippen molar-refractivity contribution in [3.05, 3.63) is 22.2 Å². The molecule has 1 aromatic rings. The predicted molar refractivity (Wildman–Crippen MR) is 58.2 cm³/mol. The number of hydrogen-bond acceptors (Lipinski definition) is 5. The van der Waals surface area contributed by atoms with E-state index in [0.29, 0.717) is 23.8 Å². The third-order valence-corrected chi connectivity index (χ3v) is 2.34. The van der Waals surface area contributed by atoms with Gasteiger partial charge in [0.1, 0.15) is 12.7 Å². The van der Waals surface area contributed by atoms with Crippen molar-refractivity contribution >= 4 is 11.4 Å². The monoisotopic (exact) mass is 224 g/mol. The summed E-state index contributed by atoms with van der Waals surface area (Å²) >= 11 is 0. The lowest BCUT2D eigenvalue weighted by atomic mass is 10.2. The number of hydrogen-bond donors (Lipinski definition) is 1. The fourth-order valence-corrected chi connectivity index (χ4v) is 1.62. The lowest BCUT2D eigenvalue weighted by Gasteiger charge is -2.25. The normalized spacial score (nSPS) is 18.0. The van der Waals surface area contributed by atoms with Gasteiger partial charge >= 0.3 is 0 Å². The smallest absolute Gasteiger partial charge is 0.296 e. The summed E-state index contributed by atoms with van der Waals surface area (Å²) in [5, 5.41) is 13.6. The number of benzene rings is 1. The van der Waals surface area contributed by atoms with Crippen molar-refractivity contribution in [2.45, 2.75) is 13.0 Å². The van der Waals surface area contributed by atoms with Crippen LogP contribution in [0, 0.1) is 10.1 Å². The summed E-state index contributed by atoms with van der Waals surface area (Å²) in [6, 6.07) is 2.96. The molecule has 86 valence electrons. The molecule has 6 heteroatoms. The van der Waals surface area contributed by atoms with Crippen molar-refractivity contribution in [3.63, 3.8) is 0 Å². The summed E-state index contributed by atoms with van der Waals surface area (Å²) in [5.74, 6) is 0.948. The van der Waals surface area contributed by atoms with Gasteiger partial charge in [0.05, 0.1) is 4.92 Å². The molecule has 0 saturated heterocycles. The van der Waals surface area contributed by atoms with Crippen LogP contribution in [0.4, 0.5) is 11.4 Å². The van der Waals surface area contributed by atoms with Crippen LogP contribution in [0.15, 0.2) is 12.1 Å². The number of anilines is 1. The Balaban J connectivity index is 2.54. The lowest BCUT2D eigenvalue weighted by molar-refractivity contribution is -0.384. The zero-order chi connectivity index (χ0) is 11.7. The number of rotatable bonds is 2. The van der Waals surface area contributed by atoms with E-state index in [1.54, 1.807) is 13.1 Å². The number of nitrogens with one attached hydrogen (secondary N) is 1. The molecule has 1 aromatic carbocycles. The Bertz CT molecular complexity index is 433. The molecule has 0 amide bonds.